The summed E-state index contributed by atoms with van der Waals surface area (Å²) in [5, 5.41) is 3.23. The summed E-state index contributed by atoms with van der Waals surface area (Å²) in [5.41, 5.74) is 0.773. The van der Waals surface area contributed by atoms with Crippen molar-refractivity contribution in [3.63, 3.8) is 0 Å². The molecule has 3 rings (SSSR count). The fourth-order valence-corrected chi connectivity index (χ4v) is 2.28. The number of hydrogen-bond acceptors (Lipinski definition) is 4. The van der Waals surface area contributed by atoms with E-state index in [2.05, 4.69) is 5.32 Å². The Labute approximate surface area is 141 Å². The summed E-state index contributed by atoms with van der Waals surface area (Å²) >= 11 is 5.80. The Morgan fingerprint density at radius 1 is 1.17 bits per heavy atom. The van der Waals surface area contributed by atoms with Gasteiger partial charge in [-0.25, -0.2) is 9.18 Å². The number of amides is 1. The molecule has 2 aromatic carbocycles. The Balaban J connectivity index is 1.60. The van der Waals surface area contributed by atoms with Crippen LogP contribution in [0.1, 0.15) is 10.6 Å². The van der Waals surface area contributed by atoms with Crippen molar-refractivity contribution in [2.45, 2.75) is 0 Å². The second kappa shape index (κ2) is 6.72. The summed E-state index contributed by atoms with van der Waals surface area (Å²) in [6.07, 6.45) is 0. The third-order valence-electron chi connectivity index (χ3n) is 3.17. The lowest BCUT2D eigenvalue weighted by Crippen LogP contribution is -2.21. The van der Waals surface area contributed by atoms with E-state index in [1.807, 2.05) is 6.07 Å². The lowest BCUT2D eigenvalue weighted by molar-refractivity contribution is -0.119. The van der Waals surface area contributed by atoms with Crippen LogP contribution in [-0.4, -0.2) is 18.5 Å². The van der Waals surface area contributed by atoms with Crippen molar-refractivity contribution in [1.29, 1.82) is 0 Å². The van der Waals surface area contributed by atoms with Crippen LogP contribution in [0.3, 0.4) is 0 Å². The van der Waals surface area contributed by atoms with Crippen LogP contribution in [0.5, 0.6) is 0 Å². The zero-order valence-electron chi connectivity index (χ0n) is 12.2. The van der Waals surface area contributed by atoms with Crippen LogP contribution in [0.4, 0.5) is 10.1 Å². The first kappa shape index (κ1) is 16.0. The normalized spacial score (nSPS) is 10.6. The maximum Gasteiger partial charge on any atom is 0.374 e. The van der Waals surface area contributed by atoms with Gasteiger partial charge in [-0.3, -0.25) is 4.79 Å². The van der Waals surface area contributed by atoms with Gasteiger partial charge in [-0.2, -0.15) is 0 Å². The summed E-state index contributed by atoms with van der Waals surface area (Å²) in [7, 11) is 0. The predicted octanol–water partition coefficient (Wildman–Crippen LogP) is 4.02. The molecule has 24 heavy (non-hydrogen) atoms. The molecule has 5 nitrogen and oxygen atoms in total. The van der Waals surface area contributed by atoms with Gasteiger partial charge >= 0.3 is 5.97 Å². The van der Waals surface area contributed by atoms with E-state index in [4.69, 9.17) is 20.8 Å². The predicted molar refractivity (Wildman–Crippen MR) is 86.5 cm³/mol. The largest absolute Gasteiger partial charge is 0.450 e. The Morgan fingerprint density at radius 2 is 1.96 bits per heavy atom. The van der Waals surface area contributed by atoms with Gasteiger partial charge < -0.3 is 14.5 Å². The molecule has 3 aromatic rings. The van der Waals surface area contributed by atoms with E-state index in [0.29, 0.717) is 5.58 Å². The summed E-state index contributed by atoms with van der Waals surface area (Å²) in [5.74, 6) is -1.88. The second-order valence-corrected chi connectivity index (χ2v) is 5.30. The van der Waals surface area contributed by atoms with Crippen LogP contribution in [0.15, 0.2) is 52.9 Å². The molecule has 7 heteroatoms. The Kier molecular flexibility index (Phi) is 4.48. The summed E-state index contributed by atoms with van der Waals surface area (Å²) in [6, 6.07) is 12.2. The first-order chi connectivity index (χ1) is 11.5. The van der Waals surface area contributed by atoms with Gasteiger partial charge in [-0.1, -0.05) is 29.8 Å². The molecule has 1 amide bonds. The number of para-hydroxylation sites is 1. The van der Waals surface area contributed by atoms with Gasteiger partial charge in [-0.15, -0.1) is 0 Å². The molecule has 1 N–H and O–H groups in total. The third kappa shape index (κ3) is 3.55. The second-order valence-electron chi connectivity index (χ2n) is 4.90. The Bertz CT molecular complexity index is 889. The monoisotopic (exact) mass is 347 g/mol. The first-order valence-corrected chi connectivity index (χ1v) is 7.31. The van der Waals surface area contributed by atoms with Crippen molar-refractivity contribution in [2.75, 3.05) is 11.9 Å². The molecule has 0 bridgehead atoms. The molecule has 0 spiro atoms. The number of hydrogen-bond donors (Lipinski definition) is 1. The number of halogens is 2. The number of fused-ring (bicyclic) bond motifs is 1. The zero-order chi connectivity index (χ0) is 17.1. The van der Waals surface area contributed by atoms with Crippen molar-refractivity contribution in [1.82, 2.24) is 0 Å². The molecule has 1 aromatic heterocycles. The molecule has 0 radical (unpaired) electrons. The third-order valence-corrected chi connectivity index (χ3v) is 3.48. The highest BCUT2D eigenvalue weighted by atomic mass is 35.5. The van der Waals surface area contributed by atoms with Crippen molar-refractivity contribution in [3.8, 4) is 0 Å². The van der Waals surface area contributed by atoms with E-state index in [1.165, 1.54) is 12.1 Å². The van der Waals surface area contributed by atoms with Gasteiger partial charge in [0.1, 0.15) is 11.4 Å². The molecular weight excluding hydrogens is 337 g/mol. The molecule has 0 unspecified atom stereocenters. The van der Waals surface area contributed by atoms with Gasteiger partial charge in [-0.05, 0) is 30.3 Å². The average Bonchev–Trinajstić information content (AvgIpc) is 2.99. The number of nitrogens with one attached hydrogen (secondary N) is 1. The molecular formula is C17H11ClFNO4. The maximum atomic E-state index is 12.9. The molecule has 0 saturated carbocycles. The quantitative estimate of drug-likeness (QED) is 0.724. The number of carbonyl (C=O) groups is 2. The minimum absolute atomic E-state index is 0.00353. The van der Waals surface area contributed by atoms with Crippen LogP contribution >= 0.6 is 11.6 Å². The topological polar surface area (TPSA) is 68.5 Å². The molecule has 0 atom stereocenters. The van der Waals surface area contributed by atoms with Gasteiger partial charge in [0.2, 0.25) is 5.76 Å². The number of furan rings is 1. The molecule has 0 aliphatic rings. The van der Waals surface area contributed by atoms with Crippen LogP contribution < -0.4 is 5.32 Å². The number of benzene rings is 2. The Morgan fingerprint density at radius 3 is 2.71 bits per heavy atom. The van der Waals surface area contributed by atoms with Crippen LogP contribution in [0.25, 0.3) is 11.0 Å². The van der Waals surface area contributed by atoms with Crippen LogP contribution in [0, 0.1) is 5.82 Å². The zero-order valence-corrected chi connectivity index (χ0v) is 13.0. The summed E-state index contributed by atoms with van der Waals surface area (Å²) in [6.45, 7) is -0.524. The number of ether oxygens (including phenoxy) is 1. The summed E-state index contributed by atoms with van der Waals surface area (Å²) < 4.78 is 23.2. The van der Waals surface area contributed by atoms with Gasteiger partial charge in [0.15, 0.2) is 6.61 Å². The highest BCUT2D eigenvalue weighted by Crippen LogP contribution is 2.22. The Hall–Kier alpha value is -2.86. The highest BCUT2D eigenvalue weighted by molar-refractivity contribution is 6.33. The van der Waals surface area contributed by atoms with Crippen molar-refractivity contribution < 1.29 is 23.1 Å². The van der Waals surface area contributed by atoms with E-state index in [9.17, 15) is 14.0 Å². The van der Waals surface area contributed by atoms with Gasteiger partial charge in [0.05, 0.1) is 10.7 Å². The van der Waals surface area contributed by atoms with Crippen molar-refractivity contribution >= 4 is 40.1 Å². The summed E-state index contributed by atoms with van der Waals surface area (Å²) in [4.78, 5) is 23.7. The van der Waals surface area contributed by atoms with Crippen LogP contribution in [-0.2, 0) is 9.53 Å². The lowest BCUT2D eigenvalue weighted by atomic mass is 10.2. The van der Waals surface area contributed by atoms with E-state index in [1.54, 1.807) is 18.2 Å². The van der Waals surface area contributed by atoms with E-state index >= 15 is 0 Å². The van der Waals surface area contributed by atoms with Crippen molar-refractivity contribution in [2.24, 2.45) is 0 Å². The number of esters is 1. The minimum Gasteiger partial charge on any atom is -0.450 e. The van der Waals surface area contributed by atoms with E-state index < -0.39 is 24.3 Å². The molecule has 0 fully saturated rings. The number of rotatable bonds is 4. The standard InChI is InChI=1S/C17H11ClFNO4/c18-12-8-11(19)5-6-13(12)20-16(21)9-23-17(22)15-7-10-3-1-2-4-14(10)24-15/h1-8H,9H2,(H,20,21). The van der Waals surface area contributed by atoms with Crippen molar-refractivity contribution in [3.05, 3.63) is 65.1 Å². The fraction of sp³-hybridized carbons (Fsp3) is 0.0588. The molecule has 122 valence electrons. The molecule has 0 saturated heterocycles. The molecule has 0 aliphatic heterocycles. The first-order valence-electron chi connectivity index (χ1n) is 6.93. The fourth-order valence-electron chi connectivity index (χ4n) is 2.06. The molecule has 1 heterocycles. The van der Waals surface area contributed by atoms with Crippen LogP contribution in [0.2, 0.25) is 5.02 Å². The minimum atomic E-state index is -0.758. The molecule has 0 aliphatic carbocycles. The maximum absolute atomic E-state index is 12.9. The average molecular weight is 348 g/mol. The highest BCUT2D eigenvalue weighted by Gasteiger charge is 2.16. The van der Waals surface area contributed by atoms with E-state index in [-0.39, 0.29) is 16.5 Å². The number of anilines is 1. The lowest BCUT2D eigenvalue weighted by Gasteiger charge is -2.07. The smallest absolute Gasteiger partial charge is 0.374 e. The van der Waals surface area contributed by atoms with Gasteiger partial charge in [0, 0.05) is 5.39 Å². The number of carbonyl (C=O) groups excluding carboxylic acids is 2. The van der Waals surface area contributed by atoms with E-state index in [0.717, 1.165) is 17.5 Å². The SMILES string of the molecule is O=C(COC(=O)c1cc2ccccc2o1)Nc1ccc(F)cc1Cl. The van der Waals surface area contributed by atoms with Gasteiger partial charge in [0.25, 0.3) is 5.91 Å².